The fourth-order valence-corrected chi connectivity index (χ4v) is 3.61. The van der Waals surface area contributed by atoms with Gasteiger partial charge in [-0.05, 0) is 18.9 Å². The lowest BCUT2D eigenvalue weighted by Gasteiger charge is -2.31. The standard InChI is InChI=1S/C26H39N4O3/c1-5-7-15-32-25-20-24(30-13-17-31-18-14-30)26(33-16-8-6-2)19-23(25)29(4)27-21-22-11-9-10-12-28(22)3/h9-12,19-21H,5-8,13-18H2,1-4H3/q+1. The molecule has 2 aromatic rings. The fraction of sp³-hybridized carbons (Fsp3) is 0.538. The van der Waals surface area contributed by atoms with Gasteiger partial charge in [0.1, 0.15) is 30.4 Å². The first-order valence-electron chi connectivity index (χ1n) is 12.1. The number of unbranched alkanes of at least 4 members (excludes halogenated alkanes) is 2. The molecular formula is C26H39N4O3+. The van der Waals surface area contributed by atoms with E-state index in [9.17, 15) is 0 Å². The van der Waals surface area contributed by atoms with E-state index in [2.05, 4.69) is 30.9 Å². The zero-order valence-corrected chi connectivity index (χ0v) is 20.6. The number of ether oxygens (including phenoxy) is 3. The van der Waals surface area contributed by atoms with Crippen molar-refractivity contribution in [1.29, 1.82) is 0 Å². The first-order valence-corrected chi connectivity index (χ1v) is 12.1. The van der Waals surface area contributed by atoms with Gasteiger partial charge in [-0.15, -0.1) is 0 Å². The molecule has 1 aliphatic rings. The highest BCUT2D eigenvalue weighted by Gasteiger charge is 2.21. The minimum absolute atomic E-state index is 0.674. The summed E-state index contributed by atoms with van der Waals surface area (Å²) in [4.78, 5) is 2.33. The fourth-order valence-electron chi connectivity index (χ4n) is 3.61. The number of rotatable bonds is 12. The van der Waals surface area contributed by atoms with E-state index >= 15 is 0 Å². The van der Waals surface area contributed by atoms with Crippen molar-refractivity contribution in [2.45, 2.75) is 39.5 Å². The number of aryl methyl sites for hydroxylation is 1. The van der Waals surface area contributed by atoms with Crippen molar-refractivity contribution in [2.75, 3.05) is 56.5 Å². The first kappa shape index (κ1) is 24.8. The van der Waals surface area contributed by atoms with Gasteiger partial charge in [0.2, 0.25) is 5.69 Å². The van der Waals surface area contributed by atoms with Gasteiger partial charge in [-0.25, -0.2) is 4.57 Å². The summed E-state index contributed by atoms with van der Waals surface area (Å²) in [5, 5.41) is 6.58. The molecule has 1 saturated heterocycles. The second-order valence-electron chi connectivity index (χ2n) is 8.30. The summed E-state index contributed by atoms with van der Waals surface area (Å²) in [6.07, 6.45) is 8.08. The molecule has 0 amide bonds. The molecule has 0 unspecified atom stereocenters. The molecule has 7 heteroatoms. The van der Waals surface area contributed by atoms with Crippen LogP contribution in [0.3, 0.4) is 0 Å². The summed E-state index contributed by atoms with van der Waals surface area (Å²) in [6, 6.07) is 10.2. The molecule has 1 aromatic carbocycles. The number of benzene rings is 1. The van der Waals surface area contributed by atoms with Crippen LogP contribution in [-0.4, -0.2) is 52.8 Å². The smallest absolute Gasteiger partial charge is 0.225 e. The Balaban J connectivity index is 1.95. The van der Waals surface area contributed by atoms with Crippen LogP contribution in [0.15, 0.2) is 41.6 Å². The average Bonchev–Trinajstić information content (AvgIpc) is 2.84. The van der Waals surface area contributed by atoms with E-state index in [1.165, 1.54) is 0 Å². The number of hydrogen-bond acceptors (Lipinski definition) is 6. The Morgan fingerprint density at radius 2 is 1.76 bits per heavy atom. The molecule has 1 aliphatic heterocycles. The van der Waals surface area contributed by atoms with Crippen molar-refractivity contribution in [3.05, 3.63) is 42.2 Å². The number of nitrogens with zero attached hydrogens (tertiary/aromatic N) is 4. The summed E-state index contributed by atoms with van der Waals surface area (Å²) in [7, 11) is 3.96. The molecule has 0 aliphatic carbocycles. The third-order valence-electron chi connectivity index (χ3n) is 5.71. The highest BCUT2D eigenvalue weighted by molar-refractivity contribution is 5.78. The number of morpholine rings is 1. The molecule has 180 valence electrons. The third-order valence-corrected chi connectivity index (χ3v) is 5.71. The van der Waals surface area contributed by atoms with Crippen LogP contribution in [0.1, 0.15) is 45.2 Å². The minimum Gasteiger partial charge on any atom is -0.491 e. The van der Waals surface area contributed by atoms with Gasteiger partial charge >= 0.3 is 0 Å². The van der Waals surface area contributed by atoms with Gasteiger partial charge in [0.25, 0.3) is 0 Å². The predicted octanol–water partition coefficient (Wildman–Crippen LogP) is 4.18. The summed E-state index contributed by atoms with van der Waals surface area (Å²) >= 11 is 0. The Hall–Kier alpha value is -2.80. The molecule has 0 N–H and O–H groups in total. The largest absolute Gasteiger partial charge is 0.491 e. The molecule has 0 radical (unpaired) electrons. The van der Waals surface area contributed by atoms with Crippen LogP contribution < -0.4 is 23.9 Å². The molecule has 3 rings (SSSR count). The highest BCUT2D eigenvalue weighted by atomic mass is 16.5. The minimum atomic E-state index is 0.674. The number of hydrazone groups is 1. The van der Waals surface area contributed by atoms with E-state index in [-0.39, 0.29) is 0 Å². The molecule has 1 fully saturated rings. The van der Waals surface area contributed by atoms with Crippen molar-refractivity contribution < 1.29 is 18.8 Å². The van der Waals surface area contributed by atoms with Crippen LogP contribution >= 0.6 is 0 Å². The van der Waals surface area contributed by atoms with Crippen LogP contribution in [0.4, 0.5) is 11.4 Å². The maximum Gasteiger partial charge on any atom is 0.225 e. The summed E-state index contributed by atoms with van der Waals surface area (Å²) in [6.45, 7) is 8.84. The van der Waals surface area contributed by atoms with Crippen LogP contribution in [0.25, 0.3) is 0 Å². The molecule has 0 bridgehead atoms. The van der Waals surface area contributed by atoms with Crippen molar-refractivity contribution in [2.24, 2.45) is 12.1 Å². The Bertz CT molecular complexity index is 897. The molecule has 33 heavy (non-hydrogen) atoms. The zero-order chi connectivity index (χ0) is 23.5. The van der Waals surface area contributed by atoms with Gasteiger partial charge in [-0.3, -0.25) is 5.01 Å². The number of pyridine rings is 1. The topological polar surface area (TPSA) is 50.4 Å². The lowest BCUT2D eigenvalue weighted by atomic mass is 10.2. The van der Waals surface area contributed by atoms with Gasteiger partial charge in [-0.2, -0.15) is 5.10 Å². The van der Waals surface area contributed by atoms with Crippen molar-refractivity contribution in [3.8, 4) is 11.5 Å². The average molecular weight is 456 g/mol. The Morgan fingerprint density at radius 3 is 2.42 bits per heavy atom. The van der Waals surface area contributed by atoms with E-state index in [0.717, 1.165) is 80.6 Å². The van der Waals surface area contributed by atoms with Crippen molar-refractivity contribution >= 4 is 17.6 Å². The van der Waals surface area contributed by atoms with Gasteiger partial charge in [-0.1, -0.05) is 26.7 Å². The third kappa shape index (κ3) is 7.09. The Labute approximate surface area is 198 Å². The van der Waals surface area contributed by atoms with E-state index in [1.807, 2.05) is 54.3 Å². The normalized spacial score (nSPS) is 14.0. The van der Waals surface area contributed by atoms with Crippen LogP contribution in [0, 0.1) is 0 Å². The zero-order valence-electron chi connectivity index (χ0n) is 20.6. The van der Waals surface area contributed by atoms with Crippen LogP contribution in [0.5, 0.6) is 11.5 Å². The van der Waals surface area contributed by atoms with Gasteiger partial charge < -0.3 is 19.1 Å². The van der Waals surface area contributed by atoms with E-state index < -0.39 is 0 Å². The number of aromatic nitrogens is 1. The second-order valence-corrected chi connectivity index (χ2v) is 8.30. The van der Waals surface area contributed by atoms with Crippen molar-refractivity contribution in [3.63, 3.8) is 0 Å². The van der Waals surface area contributed by atoms with Gasteiger partial charge in [0.15, 0.2) is 6.20 Å². The molecule has 1 aromatic heterocycles. The van der Waals surface area contributed by atoms with Gasteiger partial charge in [0, 0.05) is 44.4 Å². The van der Waals surface area contributed by atoms with E-state index in [0.29, 0.717) is 13.2 Å². The molecule has 0 saturated carbocycles. The number of hydrogen-bond donors (Lipinski definition) is 0. The maximum atomic E-state index is 6.26. The lowest BCUT2D eigenvalue weighted by Crippen LogP contribution is -2.36. The monoisotopic (exact) mass is 455 g/mol. The Kier molecular flexibility index (Phi) is 9.81. The summed E-state index contributed by atoms with van der Waals surface area (Å²) in [5.74, 6) is 1.69. The lowest BCUT2D eigenvalue weighted by molar-refractivity contribution is -0.672. The quantitative estimate of drug-likeness (QED) is 0.208. The molecular weight excluding hydrogens is 416 g/mol. The summed E-state index contributed by atoms with van der Waals surface area (Å²) in [5.41, 5.74) is 2.98. The SMILES string of the molecule is CCCCOc1cc(N(C)N=Cc2cccc[n+]2C)c(OCCCC)cc1N1CCOCC1. The maximum absolute atomic E-state index is 6.26. The Morgan fingerprint density at radius 1 is 1.06 bits per heavy atom. The molecule has 0 spiro atoms. The second kappa shape index (κ2) is 13.0. The van der Waals surface area contributed by atoms with Crippen molar-refractivity contribution in [1.82, 2.24) is 0 Å². The van der Waals surface area contributed by atoms with Crippen LogP contribution in [-0.2, 0) is 11.8 Å². The first-order chi connectivity index (χ1) is 16.1. The molecule has 7 nitrogen and oxygen atoms in total. The molecule has 0 atom stereocenters. The van der Waals surface area contributed by atoms with E-state index in [4.69, 9.17) is 19.3 Å². The van der Waals surface area contributed by atoms with E-state index in [1.54, 1.807) is 0 Å². The number of anilines is 2. The predicted molar refractivity (Wildman–Crippen MR) is 134 cm³/mol. The molecule has 2 heterocycles. The summed E-state index contributed by atoms with van der Waals surface area (Å²) < 4.78 is 20.1. The van der Waals surface area contributed by atoms with Gasteiger partial charge in [0.05, 0.1) is 32.1 Å². The van der Waals surface area contributed by atoms with Crippen LogP contribution in [0.2, 0.25) is 0 Å². The highest BCUT2D eigenvalue weighted by Crippen LogP contribution is 2.41.